The lowest BCUT2D eigenvalue weighted by molar-refractivity contribution is -0.113. The van der Waals surface area contributed by atoms with Crippen LogP contribution in [0.25, 0.3) is 17.1 Å². The van der Waals surface area contributed by atoms with Gasteiger partial charge in [0.1, 0.15) is 11.6 Å². The SMILES string of the molecule is C=CCn1c(SCC(=O)Nc2cc(C3CC3)nn2-c2ccccc2)nnc1-c1ccoc1C. The number of amides is 1. The minimum Gasteiger partial charge on any atom is -0.469 e. The van der Waals surface area contributed by atoms with Crippen LogP contribution in [0.3, 0.4) is 0 Å². The maximum Gasteiger partial charge on any atom is 0.236 e. The van der Waals surface area contributed by atoms with E-state index in [1.165, 1.54) is 11.8 Å². The van der Waals surface area contributed by atoms with Gasteiger partial charge in [0.25, 0.3) is 0 Å². The van der Waals surface area contributed by atoms with E-state index >= 15 is 0 Å². The number of nitrogens with zero attached hydrogens (tertiary/aromatic N) is 5. The van der Waals surface area contributed by atoms with E-state index in [2.05, 4.69) is 22.1 Å². The van der Waals surface area contributed by atoms with Crippen molar-refractivity contribution in [2.75, 3.05) is 11.1 Å². The Morgan fingerprint density at radius 3 is 2.79 bits per heavy atom. The number of rotatable bonds is 9. The largest absolute Gasteiger partial charge is 0.469 e. The molecule has 3 heterocycles. The van der Waals surface area contributed by atoms with Crippen LogP contribution < -0.4 is 5.32 Å². The second kappa shape index (κ2) is 9.11. The number of benzene rings is 1. The molecule has 3 aromatic heterocycles. The lowest BCUT2D eigenvalue weighted by Gasteiger charge is -2.09. The number of carbonyl (C=O) groups excluding carboxylic acids is 1. The predicted octanol–water partition coefficient (Wildman–Crippen LogP) is 4.83. The number of para-hydroxylation sites is 1. The average molecular weight is 461 g/mol. The number of allylic oxidation sites excluding steroid dienone is 1. The molecular weight excluding hydrogens is 436 g/mol. The van der Waals surface area contributed by atoms with E-state index in [1.807, 2.05) is 54.0 Å². The topological polar surface area (TPSA) is 90.8 Å². The fraction of sp³-hybridized carbons (Fsp3) is 0.250. The van der Waals surface area contributed by atoms with Gasteiger partial charge in [0, 0.05) is 18.5 Å². The molecule has 0 bridgehead atoms. The van der Waals surface area contributed by atoms with Gasteiger partial charge in [0.05, 0.1) is 29.0 Å². The summed E-state index contributed by atoms with van der Waals surface area (Å²) in [7, 11) is 0. The number of furan rings is 1. The molecule has 1 saturated carbocycles. The number of hydrogen-bond acceptors (Lipinski definition) is 6. The first-order valence-electron chi connectivity index (χ1n) is 10.8. The minimum absolute atomic E-state index is 0.131. The van der Waals surface area contributed by atoms with Crippen molar-refractivity contribution < 1.29 is 9.21 Å². The summed E-state index contributed by atoms with van der Waals surface area (Å²) in [5.41, 5.74) is 2.81. The van der Waals surface area contributed by atoms with Gasteiger partial charge >= 0.3 is 0 Å². The van der Waals surface area contributed by atoms with Gasteiger partial charge in [-0.15, -0.1) is 16.8 Å². The summed E-state index contributed by atoms with van der Waals surface area (Å²) in [6.07, 6.45) is 5.70. The van der Waals surface area contributed by atoms with E-state index < -0.39 is 0 Å². The highest BCUT2D eigenvalue weighted by atomic mass is 32.2. The standard InChI is InChI=1S/C24H24N6O2S/c1-3-12-29-23(19-11-13-32-16(19)2)26-27-24(29)33-15-22(31)25-21-14-20(17-9-10-17)28-30(21)18-7-5-4-6-8-18/h3-8,11,13-14,17H,1,9-10,12,15H2,2H3,(H,25,31). The minimum atomic E-state index is -0.131. The molecule has 33 heavy (non-hydrogen) atoms. The van der Waals surface area contributed by atoms with Crippen molar-refractivity contribution in [3.8, 4) is 17.1 Å². The number of nitrogens with one attached hydrogen (secondary N) is 1. The second-order valence-electron chi connectivity index (χ2n) is 7.91. The summed E-state index contributed by atoms with van der Waals surface area (Å²) < 4.78 is 9.15. The van der Waals surface area contributed by atoms with Crippen LogP contribution in [0.5, 0.6) is 0 Å². The molecule has 1 aromatic carbocycles. The smallest absolute Gasteiger partial charge is 0.236 e. The van der Waals surface area contributed by atoms with Crippen LogP contribution in [0.4, 0.5) is 5.82 Å². The van der Waals surface area contributed by atoms with E-state index in [-0.39, 0.29) is 11.7 Å². The number of hydrogen-bond donors (Lipinski definition) is 1. The third-order valence-electron chi connectivity index (χ3n) is 5.45. The van der Waals surface area contributed by atoms with Crippen LogP contribution in [0.2, 0.25) is 0 Å². The van der Waals surface area contributed by atoms with Gasteiger partial charge in [-0.3, -0.25) is 9.36 Å². The maximum absolute atomic E-state index is 12.9. The van der Waals surface area contributed by atoms with Crippen molar-refractivity contribution in [3.63, 3.8) is 0 Å². The third kappa shape index (κ3) is 4.49. The first-order chi connectivity index (χ1) is 16.1. The first-order valence-corrected chi connectivity index (χ1v) is 11.8. The van der Waals surface area contributed by atoms with Crippen LogP contribution in [0.15, 0.2) is 71.0 Å². The number of aromatic nitrogens is 5. The normalized spacial score (nSPS) is 13.2. The van der Waals surface area contributed by atoms with Gasteiger partial charge in [-0.2, -0.15) is 5.10 Å². The van der Waals surface area contributed by atoms with Crippen molar-refractivity contribution in [1.82, 2.24) is 24.5 Å². The van der Waals surface area contributed by atoms with E-state index in [9.17, 15) is 4.79 Å². The van der Waals surface area contributed by atoms with E-state index in [1.54, 1.807) is 17.0 Å². The Balaban J connectivity index is 1.32. The highest BCUT2D eigenvalue weighted by Gasteiger charge is 2.28. The molecule has 4 aromatic rings. The Hall–Kier alpha value is -3.59. The van der Waals surface area contributed by atoms with Crippen LogP contribution in [-0.2, 0) is 11.3 Å². The highest BCUT2D eigenvalue weighted by molar-refractivity contribution is 7.99. The monoisotopic (exact) mass is 460 g/mol. The average Bonchev–Trinajstić information content (AvgIpc) is 3.27. The number of thioether (sulfide) groups is 1. The Morgan fingerprint density at radius 1 is 1.27 bits per heavy atom. The van der Waals surface area contributed by atoms with Gasteiger partial charge in [0.2, 0.25) is 5.91 Å². The molecule has 168 valence electrons. The molecule has 0 aliphatic heterocycles. The number of anilines is 1. The van der Waals surface area contributed by atoms with Gasteiger partial charge in [0.15, 0.2) is 11.0 Å². The third-order valence-corrected chi connectivity index (χ3v) is 6.42. The molecule has 1 fully saturated rings. The van der Waals surface area contributed by atoms with Crippen molar-refractivity contribution in [2.45, 2.75) is 37.4 Å². The maximum atomic E-state index is 12.9. The Kier molecular flexibility index (Phi) is 5.87. The van der Waals surface area contributed by atoms with E-state index in [0.29, 0.717) is 29.3 Å². The zero-order valence-electron chi connectivity index (χ0n) is 18.3. The number of carbonyl (C=O) groups is 1. The van der Waals surface area contributed by atoms with Crippen LogP contribution in [0.1, 0.15) is 30.2 Å². The molecule has 1 N–H and O–H groups in total. The van der Waals surface area contributed by atoms with Crippen LogP contribution in [0, 0.1) is 6.92 Å². The van der Waals surface area contributed by atoms with E-state index in [4.69, 9.17) is 9.52 Å². The predicted molar refractivity (Wildman–Crippen MR) is 128 cm³/mol. The summed E-state index contributed by atoms with van der Waals surface area (Å²) in [6, 6.07) is 13.7. The molecule has 1 amide bonds. The summed E-state index contributed by atoms with van der Waals surface area (Å²) in [4.78, 5) is 12.9. The Bertz CT molecular complexity index is 1290. The molecule has 1 aliphatic carbocycles. The van der Waals surface area contributed by atoms with Crippen molar-refractivity contribution in [3.05, 3.63) is 72.8 Å². The second-order valence-corrected chi connectivity index (χ2v) is 8.85. The van der Waals surface area contributed by atoms with Gasteiger partial charge in [-0.1, -0.05) is 36.0 Å². The van der Waals surface area contributed by atoms with Gasteiger partial charge in [-0.25, -0.2) is 4.68 Å². The summed E-state index contributed by atoms with van der Waals surface area (Å²) in [6.45, 7) is 6.25. The van der Waals surface area contributed by atoms with Crippen molar-refractivity contribution >= 4 is 23.5 Å². The fourth-order valence-electron chi connectivity index (χ4n) is 3.65. The summed E-state index contributed by atoms with van der Waals surface area (Å²) in [5, 5.41) is 17.0. The molecule has 0 unspecified atom stereocenters. The first kappa shape index (κ1) is 21.3. The van der Waals surface area contributed by atoms with Gasteiger partial charge in [-0.05, 0) is 38.0 Å². The Labute approximate surface area is 195 Å². The number of aryl methyl sites for hydroxylation is 1. The summed E-state index contributed by atoms with van der Waals surface area (Å²) in [5.74, 6) is 2.69. The molecule has 0 saturated heterocycles. The zero-order valence-corrected chi connectivity index (χ0v) is 19.1. The van der Waals surface area contributed by atoms with Crippen LogP contribution in [-0.4, -0.2) is 36.2 Å². The highest BCUT2D eigenvalue weighted by Crippen LogP contribution is 2.40. The van der Waals surface area contributed by atoms with E-state index in [0.717, 1.165) is 35.5 Å². The zero-order chi connectivity index (χ0) is 22.8. The van der Waals surface area contributed by atoms with Crippen molar-refractivity contribution in [1.29, 1.82) is 0 Å². The quantitative estimate of drug-likeness (QED) is 0.284. The van der Waals surface area contributed by atoms with Crippen LogP contribution >= 0.6 is 11.8 Å². The molecule has 5 rings (SSSR count). The molecule has 0 atom stereocenters. The molecule has 9 heteroatoms. The molecule has 1 aliphatic rings. The molecule has 0 radical (unpaired) electrons. The summed E-state index contributed by atoms with van der Waals surface area (Å²) >= 11 is 1.33. The molecular formula is C24H24N6O2S. The Morgan fingerprint density at radius 2 is 2.09 bits per heavy atom. The van der Waals surface area contributed by atoms with Crippen molar-refractivity contribution in [2.24, 2.45) is 0 Å². The fourth-order valence-corrected chi connectivity index (χ4v) is 4.40. The lowest BCUT2D eigenvalue weighted by Crippen LogP contribution is -2.17. The van der Waals surface area contributed by atoms with Gasteiger partial charge < -0.3 is 9.73 Å². The lowest BCUT2D eigenvalue weighted by atomic mass is 10.2. The molecule has 8 nitrogen and oxygen atoms in total. The molecule has 0 spiro atoms.